The van der Waals surface area contributed by atoms with E-state index < -0.39 is 6.10 Å². The van der Waals surface area contributed by atoms with Crippen LogP contribution in [0.15, 0.2) is 0 Å². The Labute approximate surface area is 124 Å². The summed E-state index contributed by atoms with van der Waals surface area (Å²) in [5.74, 6) is 0. The number of aliphatic hydroxyl groups is 2. The summed E-state index contributed by atoms with van der Waals surface area (Å²) in [6, 6.07) is 0. The number of hydrogen-bond donors (Lipinski definition) is 3. The van der Waals surface area contributed by atoms with E-state index in [0.717, 1.165) is 13.0 Å². The second-order valence-electron chi connectivity index (χ2n) is 6.45. The Morgan fingerprint density at radius 2 is 1.75 bits per heavy atom. The molecule has 0 saturated carbocycles. The maximum absolute atomic E-state index is 9.74. The molecule has 0 saturated heterocycles. The van der Waals surface area contributed by atoms with E-state index in [-0.39, 0.29) is 12.0 Å². The van der Waals surface area contributed by atoms with Crippen LogP contribution in [0.25, 0.3) is 0 Å². The Balaban J connectivity index is 3.30. The number of ether oxygens (including phenoxy) is 1. The minimum atomic E-state index is -0.468. The van der Waals surface area contributed by atoms with Crippen LogP contribution < -0.4 is 5.32 Å². The van der Waals surface area contributed by atoms with Crippen molar-refractivity contribution in [2.45, 2.75) is 65.4 Å². The lowest BCUT2D eigenvalue weighted by molar-refractivity contribution is 0.0334. The zero-order valence-corrected chi connectivity index (χ0v) is 13.7. The van der Waals surface area contributed by atoms with E-state index >= 15 is 0 Å². The third kappa shape index (κ3) is 12.9. The van der Waals surface area contributed by atoms with Gasteiger partial charge in [0.25, 0.3) is 0 Å². The van der Waals surface area contributed by atoms with Crippen molar-refractivity contribution in [2.24, 2.45) is 5.41 Å². The Morgan fingerprint density at radius 1 is 1.10 bits per heavy atom. The van der Waals surface area contributed by atoms with Crippen molar-refractivity contribution in [3.63, 3.8) is 0 Å². The van der Waals surface area contributed by atoms with Crippen molar-refractivity contribution in [1.82, 2.24) is 5.32 Å². The summed E-state index contributed by atoms with van der Waals surface area (Å²) in [7, 11) is 0. The summed E-state index contributed by atoms with van der Waals surface area (Å²) < 4.78 is 5.47. The van der Waals surface area contributed by atoms with Crippen LogP contribution in [0.3, 0.4) is 0 Å². The molecule has 1 atom stereocenters. The molecule has 122 valence electrons. The lowest BCUT2D eigenvalue weighted by Crippen LogP contribution is -2.38. The van der Waals surface area contributed by atoms with Gasteiger partial charge in [0.2, 0.25) is 0 Å². The van der Waals surface area contributed by atoms with Crippen molar-refractivity contribution in [3.05, 3.63) is 0 Å². The lowest BCUT2D eigenvalue weighted by Gasteiger charge is -2.23. The fourth-order valence-electron chi connectivity index (χ4n) is 1.90. The van der Waals surface area contributed by atoms with Gasteiger partial charge in [0.05, 0.1) is 12.7 Å². The molecule has 0 spiro atoms. The molecule has 0 aliphatic rings. The summed E-state index contributed by atoms with van der Waals surface area (Å²) >= 11 is 0. The molecule has 3 N–H and O–H groups in total. The van der Waals surface area contributed by atoms with E-state index in [1.54, 1.807) is 0 Å². The van der Waals surface area contributed by atoms with Crippen LogP contribution in [0.5, 0.6) is 0 Å². The monoisotopic (exact) mass is 289 g/mol. The smallest absolute Gasteiger partial charge is 0.0897 e. The molecule has 0 radical (unpaired) electrons. The SMILES string of the molecule is CCCCCCCCOCC(O)CNCC(C)(C)CO. The molecule has 0 aromatic rings. The predicted molar refractivity (Wildman–Crippen MR) is 83.9 cm³/mol. The predicted octanol–water partition coefficient (Wildman–Crippen LogP) is 2.33. The van der Waals surface area contributed by atoms with Crippen molar-refractivity contribution >= 4 is 0 Å². The third-order valence-electron chi connectivity index (χ3n) is 3.36. The van der Waals surface area contributed by atoms with E-state index in [2.05, 4.69) is 12.2 Å². The largest absolute Gasteiger partial charge is 0.396 e. The van der Waals surface area contributed by atoms with Gasteiger partial charge in [0.15, 0.2) is 0 Å². The molecule has 4 nitrogen and oxygen atoms in total. The van der Waals surface area contributed by atoms with Crippen molar-refractivity contribution in [2.75, 3.05) is 32.9 Å². The van der Waals surface area contributed by atoms with Crippen LogP contribution in [0.1, 0.15) is 59.3 Å². The molecule has 4 heteroatoms. The van der Waals surface area contributed by atoms with Crippen LogP contribution in [-0.4, -0.2) is 49.2 Å². The Morgan fingerprint density at radius 3 is 2.40 bits per heavy atom. The molecule has 0 fully saturated rings. The highest BCUT2D eigenvalue weighted by Crippen LogP contribution is 2.11. The number of aliphatic hydroxyl groups excluding tert-OH is 2. The van der Waals surface area contributed by atoms with Gasteiger partial charge in [-0.25, -0.2) is 0 Å². The van der Waals surface area contributed by atoms with Crippen LogP contribution in [0, 0.1) is 5.41 Å². The van der Waals surface area contributed by atoms with Gasteiger partial charge in [0, 0.05) is 31.7 Å². The average Bonchev–Trinajstić information content (AvgIpc) is 2.41. The maximum atomic E-state index is 9.74. The number of rotatable bonds is 14. The molecule has 0 heterocycles. The molecular formula is C16H35NO3. The molecule has 20 heavy (non-hydrogen) atoms. The highest BCUT2D eigenvalue weighted by Gasteiger charge is 2.16. The summed E-state index contributed by atoms with van der Waals surface area (Å²) in [5, 5.41) is 22.0. The third-order valence-corrected chi connectivity index (χ3v) is 3.36. The molecular weight excluding hydrogens is 254 g/mol. The molecule has 0 aliphatic carbocycles. The Hall–Kier alpha value is -0.160. The molecule has 0 rings (SSSR count). The normalized spacial score (nSPS) is 13.7. The first-order valence-electron chi connectivity index (χ1n) is 8.09. The van der Waals surface area contributed by atoms with E-state index in [1.807, 2.05) is 13.8 Å². The van der Waals surface area contributed by atoms with E-state index in [9.17, 15) is 5.11 Å². The van der Waals surface area contributed by atoms with E-state index in [4.69, 9.17) is 9.84 Å². The first kappa shape index (κ1) is 19.8. The van der Waals surface area contributed by atoms with E-state index in [1.165, 1.54) is 32.1 Å². The molecule has 0 aliphatic heterocycles. The minimum Gasteiger partial charge on any atom is -0.396 e. The topological polar surface area (TPSA) is 61.7 Å². The van der Waals surface area contributed by atoms with Gasteiger partial charge in [0.1, 0.15) is 0 Å². The molecule has 0 bridgehead atoms. The van der Waals surface area contributed by atoms with Gasteiger partial charge in [-0.15, -0.1) is 0 Å². The second kappa shape index (κ2) is 12.6. The van der Waals surface area contributed by atoms with Crippen molar-refractivity contribution in [3.8, 4) is 0 Å². The number of hydrogen-bond acceptors (Lipinski definition) is 4. The highest BCUT2D eigenvalue weighted by molar-refractivity contribution is 4.71. The van der Waals surface area contributed by atoms with Crippen LogP contribution >= 0.6 is 0 Å². The van der Waals surface area contributed by atoms with Gasteiger partial charge in [-0.05, 0) is 6.42 Å². The fraction of sp³-hybridized carbons (Fsp3) is 1.00. The van der Waals surface area contributed by atoms with E-state index in [0.29, 0.717) is 19.7 Å². The number of unbranched alkanes of at least 4 members (excludes halogenated alkanes) is 5. The maximum Gasteiger partial charge on any atom is 0.0897 e. The number of nitrogens with one attached hydrogen (secondary N) is 1. The molecule has 0 amide bonds. The van der Waals surface area contributed by atoms with Gasteiger partial charge in [-0.3, -0.25) is 0 Å². The highest BCUT2D eigenvalue weighted by atomic mass is 16.5. The van der Waals surface area contributed by atoms with Crippen LogP contribution in [0.4, 0.5) is 0 Å². The summed E-state index contributed by atoms with van der Waals surface area (Å²) in [4.78, 5) is 0. The summed E-state index contributed by atoms with van der Waals surface area (Å²) in [6.07, 6.45) is 7.06. The molecule has 1 unspecified atom stereocenters. The average molecular weight is 289 g/mol. The molecule has 0 aromatic heterocycles. The summed E-state index contributed by atoms with van der Waals surface area (Å²) in [5.41, 5.74) is -0.140. The van der Waals surface area contributed by atoms with Gasteiger partial charge in [-0.1, -0.05) is 52.9 Å². The van der Waals surface area contributed by atoms with Crippen LogP contribution in [0.2, 0.25) is 0 Å². The second-order valence-corrected chi connectivity index (χ2v) is 6.45. The van der Waals surface area contributed by atoms with Gasteiger partial charge >= 0.3 is 0 Å². The zero-order chi connectivity index (χ0) is 15.3. The first-order valence-corrected chi connectivity index (χ1v) is 8.09. The summed E-state index contributed by atoms with van der Waals surface area (Å²) in [6.45, 7) is 8.68. The van der Waals surface area contributed by atoms with Crippen LogP contribution in [-0.2, 0) is 4.74 Å². The van der Waals surface area contributed by atoms with Gasteiger partial charge in [-0.2, -0.15) is 0 Å². The molecule has 0 aromatic carbocycles. The minimum absolute atomic E-state index is 0.140. The standard InChI is InChI=1S/C16H35NO3/c1-4-5-6-7-8-9-10-20-12-15(19)11-17-13-16(2,3)14-18/h15,17-19H,4-14H2,1-3H3. The van der Waals surface area contributed by atoms with Gasteiger partial charge < -0.3 is 20.3 Å². The Kier molecular flexibility index (Phi) is 12.5. The Bertz CT molecular complexity index is 210. The zero-order valence-electron chi connectivity index (χ0n) is 13.7. The lowest BCUT2D eigenvalue weighted by atomic mass is 9.95. The first-order chi connectivity index (χ1) is 9.52. The van der Waals surface area contributed by atoms with Crippen molar-refractivity contribution < 1.29 is 14.9 Å². The van der Waals surface area contributed by atoms with Crippen molar-refractivity contribution in [1.29, 1.82) is 0 Å². The quantitative estimate of drug-likeness (QED) is 0.430. The fourth-order valence-corrected chi connectivity index (χ4v) is 1.90.